The molecule has 0 unspecified atom stereocenters. The molecule has 1 aromatic carbocycles. The molecule has 0 aliphatic rings. The first-order valence-electron chi connectivity index (χ1n) is 5.58. The van der Waals surface area contributed by atoms with Crippen LogP contribution in [0.2, 0.25) is 0 Å². The summed E-state index contributed by atoms with van der Waals surface area (Å²) in [6.45, 7) is 5.07. The molecule has 2 nitrogen and oxygen atoms in total. The highest BCUT2D eigenvalue weighted by molar-refractivity contribution is 5.64. The highest BCUT2D eigenvalue weighted by Gasteiger charge is 2.02. The summed E-state index contributed by atoms with van der Waals surface area (Å²) in [5.74, 6) is 0.934. The van der Waals surface area contributed by atoms with E-state index in [-0.39, 0.29) is 0 Å². The van der Waals surface area contributed by atoms with Gasteiger partial charge in [-0.25, -0.2) is 4.98 Å². The fourth-order valence-electron chi connectivity index (χ4n) is 1.72. The Bertz CT molecular complexity index is 478. The van der Waals surface area contributed by atoms with Crippen LogP contribution in [-0.4, -0.2) is 11.5 Å². The van der Waals surface area contributed by atoms with Crippen LogP contribution in [0.4, 0.5) is 5.82 Å². The van der Waals surface area contributed by atoms with Gasteiger partial charge in [-0.05, 0) is 31.5 Å². The van der Waals surface area contributed by atoms with Crippen LogP contribution < -0.4 is 5.32 Å². The van der Waals surface area contributed by atoms with Gasteiger partial charge in [-0.15, -0.1) is 0 Å². The molecule has 0 saturated heterocycles. The fraction of sp³-hybridized carbons (Fsp3) is 0.214. The van der Waals surface area contributed by atoms with E-state index in [4.69, 9.17) is 0 Å². The Morgan fingerprint density at radius 1 is 1.06 bits per heavy atom. The van der Waals surface area contributed by atoms with E-state index in [1.165, 1.54) is 11.1 Å². The van der Waals surface area contributed by atoms with Crippen molar-refractivity contribution in [1.29, 1.82) is 0 Å². The van der Waals surface area contributed by atoms with Gasteiger partial charge in [0.1, 0.15) is 5.82 Å². The smallest absolute Gasteiger partial charge is 0.126 e. The number of pyridine rings is 1. The molecule has 0 bridgehead atoms. The summed E-state index contributed by atoms with van der Waals surface area (Å²) < 4.78 is 0. The molecule has 0 atom stereocenters. The minimum absolute atomic E-state index is 0.893. The average molecular weight is 212 g/mol. The molecule has 0 spiro atoms. The lowest BCUT2D eigenvalue weighted by molar-refractivity contribution is 1.16. The summed E-state index contributed by atoms with van der Waals surface area (Å²) in [4.78, 5) is 4.58. The van der Waals surface area contributed by atoms with Gasteiger partial charge in [0.05, 0.1) is 5.69 Å². The minimum Gasteiger partial charge on any atom is -0.370 e. The van der Waals surface area contributed by atoms with Gasteiger partial charge in [-0.1, -0.05) is 30.3 Å². The molecule has 2 rings (SSSR count). The maximum Gasteiger partial charge on any atom is 0.126 e. The van der Waals surface area contributed by atoms with Gasteiger partial charge in [0.2, 0.25) is 0 Å². The summed E-state index contributed by atoms with van der Waals surface area (Å²) in [6, 6.07) is 14.4. The van der Waals surface area contributed by atoms with Gasteiger partial charge in [-0.2, -0.15) is 0 Å². The highest BCUT2D eigenvalue weighted by atomic mass is 15.0. The van der Waals surface area contributed by atoms with E-state index in [0.717, 1.165) is 18.1 Å². The molecule has 0 aliphatic carbocycles. The van der Waals surface area contributed by atoms with Crippen molar-refractivity contribution in [3.8, 4) is 11.3 Å². The quantitative estimate of drug-likeness (QED) is 0.842. The number of anilines is 1. The molecule has 0 amide bonds. The van der Waals surface area contributed by atoms with Gasteiger partial charge >= 0.3 is 0 Å². The van der Waals surface area contributed by atoms with Crippen LogP contribution in [0, 0.1) is 6.92 Å². The van der Waals surface area contributed by atoms with Gasteiger partial charge in [-0.3, -0.25) is 0 Å². The van der Waals surface area contributed by atoms with Crippen LogP contribution in [0.5, 0.6) is 0 Å². The number of benzene rings is 1. The number of aromatic nitrogens is 1. The zero-order valence-electron chi connectivity index (χ0n) is 9.70. The number of hydrogen-bond acceptors (Lipinski definition) is 2. The molecular weight excluding hydrogens is 196 g/mol. The zero-order valence-corrected chi connectivity index (χ0v) is 9.70. The third-order valence-corrected chi connectivity index (χ3v) is 2.53. The second-order valence-corrected chi connectivity index (χ2v) is 3.75. The number of nitrogens with zero attached hydrogens (tertiary/aromatic N) is 1. The second kappa shape index (κ2) is 4.79. The van der Waals surface area contributed by atoms with Crippen molar-refractivity contribution in [3.05, 3.63) is 48.0 Å². The Morgan fingerprint density at radius 2 is 1.88 bits per heavy atom. The Balaban J connectivity index is 2.40. The van der Waals surface area contributed by atoms with Crippen LogP contribution >= 0.6 is 0 Å². The van der Waals surface area contributed by atoms with E-state index in [0.29, 0.717) is 0 Å². The fourth-order valence-corrected chi connectivity index (χ4v) is 1.72. The molecule has 2 heteroatoms. The molecule has 82 valence electrons. The van der Waals surface area contributed by atoms with Gasteiger partial charge in [0.25, 0.3) is 0 Å². The summed E-state index contributed by atoms with van der Waals surface area (Å²) in [6.07, 6.45) is 0. The molecule has 0 radical (unpaired) electrons. The largest absolute Gasteiger partial charge is 0.370 e. The van der Waals surface area contributed by atoms with Crippen molar-refractivity contribution >= 4 is 5.82 Å². The average Bonchev–Trinajstić information content (AvgIpc) is 2.30. The topological polar surface area (TPSA) is 24.9 Å². The summed E-state index contributed by atoms with van der Waals surface area (Å²) >= 11 is 0. The second-order valence-electron chi connectivity index (χ2n) is 3.75. The van der Waals surface area contributed by atoms with Crippen molar-refractivity contribution in [2.24, 2.45) is 0 Å². The molecule has 2 aromatic rings. The number of rotatable bonds is 3. The minimum atomic E-state index is 0.893. The third-order valence-electron chi connectivity index (χ3n) is 2.53. The highest BCUT2D eigenvalue weighted by Crippen LogP contribution is 2.22. The standard InChI is InChI=1S/C14H16N2/c1-3-15-14-10-6-9-13(16-14)12-8-5-4-7-11(12)2/h4-10H,3H2,1-2H3,(H,15,16). The summed E-state index contributed by atoms with van der Waals surface area (Å²) in [7, 11) is 0. The Hall–Kier alpha value is -1.83. The zero-order chi connectivity index (χ0) is 11.4. The Labute approximate surface area is 96.4 Å². The summed E-state index contributed by atoms with van der Waals surface area (Å²) in [5, 5.41) is 3.23. The van der Waals surface area contributed by atoms with E-state index in [2.05, 4.69) is 36.3 Å². The molecule has 0 aliphatic heterocycles. The molecule has 1 N–H and O–H groups in total. The number of nitrogens with one attached hydrogen (secondary N) is 1. The normalized spacial score (nSPS) is 10.1. The predicted octanol–water partition coefficient (Wildman–Crippen LogP) is 3.49. The number of hydrogen-bond donors (Lipinski definition) is 1. The van der Waals surface area contributed by atoms with Crippen molar-refractivity contribution < 1.29 is 0 Å². The van der Waals surface area contributed by atoms with Crippen molar-refractivity contribution in [2.75, 3.05) is 11.9 Å². The molecule has 0 fully saturated rings. The lowest BCUT2D eigenvalue weighted by Gasteiger charge is -2.07. The molecule has 16 heavy (non-hydrogen) atoms. The molecule has 0 saturated carbocycles. The van der Waals surface area contributed by atoms with Crippen LogP contribution in [-0.2, 0) is 0 Å². The van der Waals surface area contributed by atoms with E-state index in [1.54, 1.807) is 0 Å². The van der Waals surface area contributed by atoms with Crippen molar-refractivity contribution in [1.82, 2.24) is 4.98 Å². The van der Waals surface area contributed by atoms with E-state index >= 15 is 0 Å². The van der Waals surface area contributed by atoms with Gasteiger partial charge in [0.15, 0.2) is 0 Å². The third kappa shape index (κ3) is 2.22. The van der Waals surface area contributed by atoms with Crippen molar-refractivity contribution in [3.63, 3.8) is 0 Å². The van der Waals surface area contributed by atoms with E-state index in [1.807, 2.05) is 30.3 Å². The van der Waals surface area contributed by atoms with E-state index < -0.39 is 0 Å². The maximum atomic E-state index is 4.58. The van der Waals surface area contributed by atoms with Gasteiger partial charge < -0.3 is 5.32 Å². The maximum absolute atomic E-state index is 4.58. The first-order valence-corrected chi connectivity index (χ1v) is 5.58. The molecular formula is C14H16N2. The monoisotopic (exact) mass is 212 g/mol. The predicted molar refractivity (Wildman–Crippen MR) is 68.6 cm³/mol. The van der Waals surface area contributed by atoms with E-state index in [9.17, 15) is 0 Å². The Morgan fingerprint density at radius 3 is 2.62 bits per heavy atom. The van der Waals surface area contributed by atoms with Crippen LogP contribution in [0.1, 0.15) is 12.5 Å². The molecule has 1 heterocycles. The van der Waals surface area contributed by atoms with Crippen LogP contribution in [0.15, 0.2) is 42.5 Å². The van der Waals surface area contributed by atoms with Gasteiger partial charge in [0, 0.05) is 12.1 Å². The first kappa shape index (κ1) is 10.7. The first-order chi connectivity index (χ1) is 7.81. The molecule has 1 aromatic heterocycles. The Kier molecular flexibility index (Phi) is 3.20. The lowest BCUT2D eigenvalue weighted by atomic mass is 10.1. The van der Waals surface area contributed by atoms with Crippen molar-refractivity contribution in [2.45, 2.75) is 13.8 Å². The summed E-state index contributed by atoms with van der Waals surface area (Å²) in [5.41, 5.74) is 3.47. The lowest BCUT2D eigenvalue weighted by Crippen LogP contribution is -1.99. The SMILES string of the molecule is CCNc1cccc(-c2ccccc2C)n1. The van der Waals surface area contributed by atoms with Crippen LogP contribution in [0.25, 0.3) is 11.3 Å². The number of aryl methyl sites for hydroxylation is 1. The van der Waals surface area contributed by atoms with Crippen LogP contribution in [0.3, 0.4) is 0 Å².